The molecule has 1 heterocycles. The van der Waals surface area contributed by atoms with Crippen LogP contribution < -0.4 is 4.90 Å². The van der Waals surface area contributed by atoms with Crippen molar-refractivity contribution < 1.29 is 14.3 Å². The van der Waals surface area contributed by atoms with Gasteiger partial charge >= 0.3 is 0 Å². The molecule has 2 aromatic carbocycles. The SMILES string of the molecule is CC(C)OCCN(C(=O)CCl)c1cccc(C(=O)N2CCN(CCc3ccc(Cl)cc3)CC2)c1.Cl. The van der Waals surface area contributed by atoms with Crippen molar-refractivity contribution in [2.75, 3.05) is 56.7 Å². The van der Waals surface area contributed by atoms with Gasteiger partial charge in [0.15, 0.2) is 0 Å². The number of anilines is 1. The average molecular weight is 543 g/mol. The number of halogens is 3. The molecule has 35 heavy (non-hydrogen) atoms. The molecule has 1 fully saturated rings. The Morgan fingerprint density at radius 2 is 1.74 bits per heavy atom. The zero-order valence-corrected chi connectivity index (χ0v) is 22.6. The number of nitrogens with zero attached hydrogens (tertiary/aromatic N) is 3. The normalized spacial score (nSPS) is 14.0. The first-order valence-electron chi connectivity index (χ1n) is 11.7. The van der Waals surface area contributed by atoms with E-state index in [1.165, 1.54) is 5.56 Å². The van der Waals surface area contributed by atoms with E-state index in [1.807, 2.05) is 43.0 Å². The summed E-state index contributed by atoms with van der Waals surface area (Å²) in [7, 11) is 0. The Balaban J connectivity index is 0.00000432. The molecule has 1 aliphatic rings. The Bertz CT molecular complexity index is 948. The van der Waals surface area contributed by atoms with Crippen LogP contribution in [0.3, 0.4) is 0 Å². The Morgan fingerprint density at radius 3 is 2.37 bits per heavy atom. The standard InChI is InChI=1S/C26H33Cl2N3O3.ClH/c1-20(2)34-17-16-31(25(32)19-27)24-5-3-4-22(18-24)26(33)30-14-12-29(13-15-30)11-10-21-6-8-23(28)9-7-21;/h3-9,18,20H,10-17,19H2,1-2H3;1H. The van der Waals surface area contributed by atoms with Crippen molar-refractivity contribution in [2.45, 2.75) is 26.4 Å². The summed E-state index contributed by atoms with van der Waals surface area (Å²) in [5.41, 5.74) is 2.49. The van der Waals surface area contributed by atoms with Crippen LogP contribution >= 0.6 is 35.6 Å². The lowest BCUT2D eigenvalue weighted by atomic mass is 10.1. The van der Waals surface area contributed by atoms with Gasteiger partial charge < -0.3 is 14.5 Å². The minimum atomic E-state index is -0.215. The Kier molecular flexibility index (Phi) is 12.3. The monoisotopic (exact) mass is 541 g/mol. The Labute approximate surface area is 224 Å². The highest BCUT2D eigenvalue weighted by atomic mass is 35.5. The van der Waals surface area contributed by atoms with E-state index in [0.717, 1.165) is 31.1 Å². The van der Waals surface area contributed by atoms with E-state index < -0.39 is 0 Å². The predicted octanol–water partition coefficient (Wildman–Crippen LogP) is 4.76. The van der Waals surface area contributed by atoms with Gasteiger partial charge in [0.05, 0.1) is 12.7 Å². The minimum Gasteiger partial charge on any atom is -0.377 e. The first-order chi connectivity index (χ1) is 16.4. The quantitative estimate of drug-likeness (QED) is 0.406. The topological polar surface area (TPSA) is 53.1 Å². The van der Waals surface area contributed by atoms with E-state index in [4.69, 9.17) is 27.9 Å². The van der Waals surface area contributed by atoms with Crippen LogP contribution in [0.1, 0.15) is 29.8 Å². The zero-order chi connectivity index (χ0) is 24.5. The van der Waals surface area contributed by atoms with E-state index in [1.54, 1.807) is 17.0 Å². The maximum absolute atomic E-state index is 13.2. The molecule has 0 unspecified atom stereocenters. The lowest BCUT2D eigenvalue weighted by molar-refractivity contribution is -0.116. The molecule has 0 saturated carbocycles. The zero-order valence-electron chi connectivity index (χ0n) is 20.3. The van der Waals surface area contributed by atoms with Gasteiger partial charge in [0, 0.05) is 55.5 Å². The van der Waals surface area contributed by atoms with Crippen molar-refractivity contribution in [1.82, 2.24) is 9.80 Å². The molecule has 1 aliphatic heterocycles. The number of piperazine rings is 1. The summed E-state index contributed by atoms with van der Waals surface area (Å²) in [4.78, 5) is 31.4. The molecule has 192 valence electrons. The largest absolute Gasteiger partial charge is 0.377 e. The maximum atomic E-state index is 13.2. The van der Waals surface area contributed by atoms with E-state index in [0.29, 0.717) is 37.5 Å². The molecule has 2 amide bonds. The van der Waals surface area contributed by atoms with Crippen LogP contribution in [0.15, 0.2) is 48.5 Å². The molecule has 9 heteroatoms. The molecular weight excluding hydrogens is 509 g/mol. The van der Waals surface area contributed by atoms with Crippen molar-refractivity contribution in [3.8, 4) is 0 Å². The molecule has 3 rings (SSSR count). The van der Waals surface area contributed by atoms with E-state index in [2.05, 4.69) is 17.0 Å². The summed E-state index contributed by atoms with van der Waals surface area (Å²) in [6, 6.07) is 15.2. The lowest BCUT2D eigenvalue weighted by Gasteiger charge is -2.35. The van der Waals surface area contributed by atoms with Crippen LogP contribution in [0.4, 0.5) is 5.69 Å². The third-order valence-electron chi connectivity index (χ3n) is 5.88. The van der Waals surface area contributed by atoms with Crippen molar-refractivity contribution in [1.29, 1.82) is 0 Å². The Hall–Kier alpha value is -1.83. The fourth-order valence-electron chi connectivity index (χ4n) is 3.95. The fourth-order valence-corrected chi connectivity index (χ4v) is 4.22. The van der Waals surface area contributed by atoms with Gasteiger partial charge in [-0.25, -0.2) is 0 Å². The van der Waals surface area contributed by atoms with Crippen molar-refractivity contribution >= 4 is 53.1 Å². The maximum Gasteiger partial charge on any atom is 0.254 e. The highest BCUT2D eigenvalue weighted by Gasteiger charge is 2.23. The van der Waals surface area contributed by atoms with Crippen LogP contribution in [-0.4, -0.2) is 79.5 Å². The molecular formula is C26H34Cl3N3O3. The summed E-state index contributed by atoms with van der Waals surface area (Å²) in [5, 5.41) is 0.749. The lowest BCUT2D eigenvalue weighted by Crippen LogP contribution is -2.49. The second-order valence-electron chi connectivity index (χ2n) is 8.66. The first kappa shape index (κ1) is 29.4. The molecule has 0 radical (unpaired) electrons. The molecule has 0 N–H and O–H groups in total. The van der Waals surface area contributed by atoms with E-state index >= 15 is 0 Å². The molecule has 0 bridgehead atoms. The van der Waals surface area contributed by atoms with Gasteiger partial charge in [-0.1, -0.05) is 29.8 Å². The van der Waals surface area contributed by atoms with Crippen LogP contribution in [0, 0.1) is 0 Å². The summed E-state index contributed by atoms with van der Waals surface area (Å²) in [6.07, 6.45) is 1.03. The molecule has 0 aromatic heterocycles. The number of alkyl halides is 1. The average Bonchev–Trinajstić information content (AvgIpc) is 2.85. The van der Waals surface area contributed by atoms with E-state index in [-0.39, 0.29) is 36.2 Å². The summed E-state index contributed by atoms with van der Waals surface area (Å²) in [6.45, 7) is 8.66. The molecule has 0 aliphatic carbocycles. The predicted molar refractivity (Wildman–Crippen MR) is 145 cm³/mol. The van der Waals surface area contributed by atoms with Gasteiger partial charge in [-0.2, -0.15) is 0 Å². The van der Waals surface area contributed by atoms with Crippen molar-refractivity contribution in [3.05, 3.63) is 64.7 Å². The number of hydrogen-bond donors (Lipinski definition) is 0. The molecule has 1 saturated heterocycles. The summed E-state index contributed by atoms with van der Waals surface area (Å²) >= 11 is 11.8. The number of carbonyl (C=O) groups excluding carboxylic acids is 2. The summed E-state index contributed by atoms with van der Waals surface area (Å²) < 4.78 is 5.60. The fraction of sp³-hybridized carbons (Fsp3) is 0.462. The molecule has 0 spiro atoms. The van der Waals surface area contributed by atoms with Gasteiger partial charge in [-0.15, -0.1) is 24.0 Å². The van der Waals surface area contributed by atoms with Gasteiger partial charge in [0.2, 0.25) is 5.91 Å². The highest BCUT2D eigenvalue weighted by Crippen LogP contribution is 2.19. The van der Waals surface area contributed by atoms with Crippen LogP contribution in [0.5, 0.6) is 0 Å². The summed E-state index contributed by atoms with van der Waals surface area (Å²) in [5.74, 6) is -0.360. The molecule has 2 aromatic rings. The third kappa shape index (κ3) is 8.96. The first-order valence-corrected chi connectivity index (χ1v) is 12.6. The number of ether oxygens (including phenoxy) is 1. The number of rotatable bonds is 10. The van der Waals surface area contributed by atoms with Crippen LogP contribution in [-0.2, 0) is 16.0 Å². The van der Waals surface area contributed by atoms with Crippen molar-refractivity contribution in [3.63, 3.8) is 0 Å². The highest BCUT2D eigenvalue weighted by molar-refractivity contribution is 6.30. The molecule has 0 atom stereocenters. The van der Waals surface area contributed by atoms with Crippen LogP contribution in [0.2, 0.25) is 5.02 Å². The number of carbonyl (C=O) groups is 2. The van der Waals surface area contributed by atoms with Gasteiger partial charge in [-0.3, -0.25) is 14.5 Å². The Morgan fingerprint density at radius 1 is 1.06 bits per heavy atom. The second-order valence-corrected chi connectivity index (χ2v) is 9.36. The smallest absolute Gasteiger partial charge is 0.254 e. The second kappa shape index (κ2) is 14.7. The third-order valence-corrected chi connectivity index (χ3v) is 6.36. The van der Waals surface area contributed by atoms with Gasteiger partial charge in [0.1, 0.15) is 5.88 Å². The van der Waals surface area contributed by atoms with Crippen molar-refractivity contribution in [2.24, 2.45) is 0 Å². The van der Waals surface area contributed by atoms with Crippen LogP contribution in [0.25, 0.3) is 0 Å². The number of benzene rings is 2. The van der Waals surface area contributed by atoms with E-state index in [9.17, 15) is 9.59 Å². The number of hydrogen-bond acceptors (Lipinski definition) is 4. The molecule has 6 nitrogen and oxygen atoms in total. The van der Waals surface area contributed by atoms with Gasteiger partial charge in [0.25, 0.3) is 5.91 Å². The number of amides is 2. The minimum absolute atomic E-state index is 0. The van der Waals surface area contributed by atoms with Gasteiger partial charge in [-0.05, 0) is 56.2 Å².